The van der Waals surface area contributed by atoms with Crippen LogP contribution in [0, 0.1) is 5.92 Å². The van der Waals surface area contributed by atoms with Gasteiger partial charge in [-0.25, -0.2) is 4.79 Å². The predicted octanol–water partition coefficient (Wildman–Crippen LogP) is 0.137. The molecule has 1 aliphatic rings. The fraction of sp³-hybridized carbons (Fsp3) is 0.560. The number of rotatable bonds is 14. The normalized spacial score (nSPS) is 17.4. The number of carboxylic acid groups (broad SMARTS) is 2. The van der Waals surface area contributed by atoms with Crippen LogP contribution in [-0.4, -0.2) is 75.7 Å². The second-order valence-electron chi connectivity index (χ2n) is 9.60. The van der Waals surface area contributed by atoms with E-state index < -0.39 is 53.8 Å². The van der Waals surface area contributed by atoms with E-state index in [0.29, 0.717) is 18.5 Å². The summed E-state index contributed by atoms with van der Waals surface area (Å²) in [6.07, 6.45) is 0.993. The maximum atomic E-state index is 13.1. The first kappa shape index (κ1) is 29.6. The summed E-state index contributed by atoms with van der Waals surface area (Å²) < 4.78 is 0. The Morgan fingerprint density at radius 3 is 2.11 bits per heavy atom. The fourth-order valence-electron chi connectivity index (χ4n) is 4.03. The summed E-state index contributed by atoms with van der Waals surface area (Å²) >= 11 is 0. The van der Waals surface area contributed by atoms with Gasteiger partial charge in [0.15, 0.2) is 0 Å². The number of phenols is 1. The van der Waals surface area contributed by atoms with Gasteiger partial charge in [-0.1, -0.05) is 26.0 Å². The highest BCUT2D eigenvalue weighted by molar-refractivity contribution is 5.94. The number of carboxylic acids is 2. The molecule has 1 aliphatic heterocycles. The molecule has 0 bridgehead atoms. The number of hydrogen-bond acceptors (Lipinski definition) is 7. The van der Waals surface area contributed by atoms with Gasteiger partial charge in [-0.15, -0.1) is 0 Å². The minimum absolute atomic E-state index is 0.0210. The Morgan fingerprint density at radius 2 is 1.57 bits per heavy atom. The number of carbonyl (C=O) groups is 5. The molecule has 37 heavy (non-hydrogen) atoms. The van der Waals surface area contributed by atoms with Gasteiger partial charge in [0, 0.05) is 12.8 Å². The summed E-state index contributed by atoms with van der Waals surface area (Å²) in [4.78, 5) is 61.6. The maximum absolute atomic E-state index is 13.1. The van der Waals surface area contributed by atoms with Crippen LogP contribution in [0.15, 0.2) is 24.3 Å². The molecule has 4 atom stereocenters. The van der Waals surface area contributed by atoms with Crippen molar-refractivity contribution in [2.45, 2.75) is 76.5 Å². The third kappa shape index (κ3) is 10.1. The molecule has 3 amide bonds. The number of nitrogens with one attached hydrogen (secondary N) is 4. The number of phenolic OH excluding ortho intramolecular Hbond substituents is 1. The first-order chi connectivity index (χ1) is 17.5. The first-order valence-electron chi connectivity index (χ1n) is 12.3. The highest BCUT2D eigenvalue weighted by Crippen LogP contribution is 2.13. The maximum Gasteiger partial charge on any atom is 0.326 e. The van der Waals surface area contributed by atoms with Gasteiger partial charge in [0.25, 0.3) is 0 Å². The van der Waals surface area contributed by atoms with Gasteiger partial charge < -0.3 is 36.6 Å². The molecule has 0 saturated carbocycles. The summed E-state index contributed by atoms with van der Waals surface area (Å²) in [6.45, 7) is 4.32. The number of benzene rings is 1. The molecule has 1 heterocycles. The van der Waals surface area contributed by atoms with Gasteiger partial charge in [0.2, 0.25) is 17.7 Å². The second kappa shape index (κ2) is 14.2. The number of amides is 3. The average Bonchev–Trinajstić information content (AvgIpc) is 3.36. The highest BCUT2D eigenvalue weighted by atomic mass is 16.4. The van der Waals surface area contributed by atoms with Gasteiger partial charge in [0.1, 0.15) is 23.9 Å². The molecule has 12 heteroatoms. The molecule has 12 nitrogen and oxygen atoms in total. The van der Waals surface area contributed by atoms with Crippen molar-refractivity contribution in [3.63, 3.8) is 0 Å². The molecule has 204 valence electrons. The Labute approximate surface area is 215 Å². The van der Waals surface area contributed by atoms with Crippen molar-refractivity contribution >= 4 is 29.7 Å². The van der Waals surface area contributed by atoms with E-state index in [9.17, 15) is 34.2 Å². The van der Waals surface area contributed by atoms with E-state index in [2.05, 4.69) is 21.3 Å². The number of carbonyl (C=O) groups excluding carboxylic acids is 3. The molecular weight excluding hydrogens is 484 g/mol. The number of aliphatic carboxylic acids is 2. The van der Waals surface area contributed by atoms with Crippen LogP contribution in [0.2, 0.25) is 0 Å². The quantitative estimate of drug-likeness (QED) is 0.178. The summed E-state index contributed by atoms with van der Waals surface area (Å²) in [5, 5.41) is 38.8. The van der Waals surface area contributed by atoms with Crippen LogP contribution >= 0.6 is 0 Å². The van der Waals surface area contributed by atoms with Gasteiger partial charge in [-0.2, -0.15) is 0 Å². The molecule has 4 unspecified atom stereocenters. The van der Waals surface area contributed by atoms with Crippen LogP contribution < -0.4 is 21.3 Å². The van der Waals surface area contributed by atoms with Crippen molar-refractivity contribution in [1.29, 1.82) is 0 Å². The molecule has 7 N–H and O–H groups in total. The Balaban J connectivity index is 2.13. The SMILES string of the molecule is CC(C)CC(NC(=O)C(CCC(=O)O)NC(=O)C1CCCN1)C(=O)NC(Cc1ccc(O)cc1)C(=O)O. The summed E-state index contributed by atoms with van der Waals surface area (Å²) in [6, 6.07) is 1.84. The average molecular weight is 521 g/mol. The monoisotopic (exact) mass is 520 g/mol. The molecule has 0 aromatic heterocycles. The molecule has 0 radical (unpaired) electrons. The smallest absolute Gasteiger partial charge is 0.326 e. The van der Waals surface area contributed by atoms with Crippen molar-refractivity contribution in [3.05, 3.63) is 29.8 Å². The molecule has 0 spiro atoms. The van der Waals surface area contributed by atoms with Crippen LogP contribution in [0.25, 0.3) is 0 Å². The van der Waals surface area contributed by atoms with E-state index in [-0.39, 0.29) is 37.4 Å². The number of hydrogen-bond donors (Lipinski definition) is 7. The topological polar surface area (TPSA) is 194 Å². The lowest BCUT2D eigenvalue weighted by atomic mass is 10.0. The van der Waals surface area contributed by atoms with Crippen LogP contribution in [0.1, 0.15) is 51.5 Å². The van der Waals surface area contributed by atoms with Gasteiger partial charge >= 0.3 is 11.9 Å². The third-order valence-electron chi connectivity index (χ3n) is 5.99. The van der Waals surface area contributed by atoms with Crippen LogP contribution in [-0.2, 0) is 30.4 Å². The minimum atomic E-state index is -1.29. The first-order valence-corrected chi connectivity index (χ1v) is 12.3. The van der Waals surface area contributed by atoms with Crippen molar-refractivity contribution < 1.29 is 39.3 Å². The highest BCUT2D eigenvalue weighted by Gasteiger charge is 2.32. The zero-order valence-corrected chi connectivity index (χ0v) is 21.0. The molecule has 1 aromatic rings. The van der Waals surface area contributed by atoms with Crippen molar-refractivity contribution in [2.75, 3.05) is 6.54 Å². The van der Waals surface area contributed by atoms with E-state index in [1.54, 1.807) is 12.1 Å². The molecule has 1 aromatic carbocycles. The molecule has 0 aliphatic carbocycles. The van der Waals surface area contributed by atoms with E-state index in [4.69, 9.17) is 5.11 Å². The lowest BCUT2D eigenvalue weighted by molar-refractivity contribution is -0.142. The molecule has 1 fully saturated rings. The zero-order chi connectivity index (χ0) is 27.5. The lowest BCUT2D eigenvalue weighted by Crippen LogP contribution is -2.57. The Hall–Kier alpha value is -3.67. The van der Waals surface area contributed by atoms with Gasteiger partial charge in [0.05, 0.1) is 6.04 Å². The molecular formula is C25H36N4O8. The van der Waals surface area contributed by atoms with E-state index in [0.717, 1.165) is 6.42 Å². The summed E-state index contributed by atoms with van der Waals surface area (Å²) in [5.74, 6) is -4.30. The Morgan fingerprint density at radius 1 is 0.946 bits per heavy atom. The third-order valence-corrected chi connectivity index (χ3v) is 5.99. The Bertz CT molecular complexity index is 960. The summed E-state index contributed by atoms with van der Waals surface area (Å²) in [5.41, 5.74) is 0.576. The molecule has 2 rings (SSSR count). The number of aromatic hydroxyl groups is 1. The zero-order valence-electron chi connectivity index (χ0n) is 21.0. The van der Waals surface area contributed by atoms with E-state index in [1.807, 2.05) is 13.8 Å². The van der Waals surface area contributed by atoms with Crippen LogP contribution in [0.4, 0.5) is 0 Å². The fourth-order valence-corrected chi connectivity index (χ4v) is 4.03. The van der Waals surface area contributed by atoms with Crippen LogP contribution in [0.5, 0.6) is 5.75 Å². The summed E-state index contributed by atoms with van der Waals surface area (Å²) in [7, 11) is 0. The Kier molecular flexibility index (Phi) is 11.3. The minimum Gasteiger partial charge on any atom is -0.508 e. The molecule has 1 saturated heterocycles. The predicted molar refractivity (Wildman–Crippen MR) is 133 cm³/mol. The lowest BCUT2D eigenvalue weighted by Gasteiger charge is -2.26. The van der Waals surface area contributed by atoms with E-state index in [1.165, 1.54) is 12.1 Å². The van der Waals surface area contributed by atoms with Crippen molar-refractivity contribution in [3.8, 4) is 5.75 Å². The second-order valence-corrected chi connectivity index (χ2v) is 9.60. The van der Waals surface area contributed by atoms with Crippen molar-refractivity contribution in [1.82, 2.24) is 21.3 Å². The van der Waals surface area contributed by atoms with Crippen LogP contribution in [0.3, 0.4) is 0 Å². The van der Waals surface area contributed by atoms with Gasteiger partial charge in [-0.3, -0.25) is 19.2 Å². The van der Waals surface area contributed by atoms with E-state index >= 15 is 0 Å². The largest absolute Gasteiger partial charge is 0.508 e. The van der Waals surface area contributed by atoms with Gasteiger partial charge in [-0.05, 0) is 55.8 Å². The van der Waals surface area contributed by atoms with Crippen molar-refractivity contribution in [2.24, 2.45) is 5.92 Å². The standard InChI is InChI=1S/C25H36N4O8/c1-14(2)12-19(24(35)29-20(25(36)37)13-15-5-7-16(30)8-6-15)28-23(34)18(9-10-21(31)32)27-22(33)17-4-3-11-26-17/h5-8,14,17-20,26,30H,3-4,9-13H2,1-2H3,(H,27,33)(H,28,34)(H,29,35)(H,31,32)(H,36,37).